The minimum Gasteiger partial charge on any atom is -0.503 e. The van der Waals surface area contributed by atoms with Gasteiger partial charge in [-0.3, -0.25) is 19.2 Å². The summed E-state index contributed by atoms with van der Waals surface area (Å²) < 4.78 is 43.2. The number of nitrogens with zero attached hydrogens (tertiary/aromatic N) is 3. The maximum atomic E-state index is 14.2. The number of halogens is 3. The van der Waals surface area contributed by atoms with Gasteiger partial charge < -0.3 is 20.3 Å². The van der Waals surface area contributed by atoms with Crippen LogP contribution in [0.25, 0.3) is 0 Å². The predicted octanol–water partition coefficient (Wildman–Crippen LogP) is 1.83. The van der Waals surface area contributed by atoms with Crippen LogP contribution in [-0.2, 0) is 11.4 Å². The predicted molar refractivity (Wildman–Crippen MR) is 115 cm³/mol. The number of hydrogen-bond acceptors (Lipinski definition) is 6. The molecular formula is C23H23F3N4O5. The van der Waals surface area contributed by atoms with Crippen molar-refractivity contribution < 1.29 is 32.7 Å². The van der Waals surface area contributed by atoms with Crippen LogP contribution in [0.4, 0.5) is 13.2 Å². The maximum absolute atomic E-state index is 14.2. The molecule has 3 aliphatic heterocycles. The fourth-order valence-corrected chi connectivity index (χ4v) is 5.39. The quantitative estimate of drug-likeness (QED) is 0.675. The number of amides is 2. The molecule has 2 amide bonds. The minimum atomic E-state index is -1.05. The highest BCUT2D eigenvalue weighted by molar-refractivity contribution is 5.99. The Kier molecular flexibility index (Phi) is 5.40. The van der Waals surface area contributed by atoms with Crippen LogP contribution in [0.3, 0.4) is 0 Å². The van der Waals surface area contributed by atoms with E-state index in [4.69, 9.17) is 10.6 Å². The van der Waals surface area contributed by atoms with E-state index < -0.39 is 57.7 Å². The average Bonchev–Trinajstić information content (AvgIpc) is 3.15. The number of aromatic hydroxyl groups is 1. The van der Waals surface area contributed by atoms with E-state index in [9.17, 15) is 32.7 Å². The normalized spacial score (nSPS) is 26.2. The lowest BCUT2D eigenvalue weighted by atomic mass is 9.85. The summed E-state index contributed by atoms with van der Waals surface area (Å²) in [5.74, 6) is -5.56. The van der Waals surface area contributed by atoms with Gasteiger partial charge in [0.05, 0.1) is 12.6 Å². The molecule has 5 rings (SSSR count). The van der Waals surface area contributed by atoms with Gasteiger partial charge in [-0.25, -0.2) is 13.2 Å². The van der Waals surface area contributed by atoms with Crippen LogP contribution in [0.15, 0.2) is 23.1 Å². The molecule has 0 unspecified atom stereocenters. The number of carbonyl (C=O) groups excluding carboxylic acids is 2. The Morgan fingerprint density at radius 3 is 2.57 bits per heavy atom. The molecule has 1 aromatic heterocycles. The molecule has 12 heteroatoms. The molecule has 35 heavy (non-hydrogen) atoms. The molecule has 3 N–H and O–H groups in total. The van der Waals surface area contributed by atoms with Gasteiger partial charge in [0.2, 0.25) is 5.43 Å². The zero-order valence-electron chi connectivity index (χ0n) is 18.8. The van der Waals surface area contributed by atoms with Gasteiger partial charge in [0.1, 0.15) is 28.6 Å². The molecule has 0 saturated carbocycles. The summed E-state index contributed by atoms with van der Waals surface area (Å²) in [6.45, 7) is 2.01. The number of pyridine rings is 1. The molecule has 186 valence electrons. The molecule has 4 heterocycles. The van der Waals surface area contributed by atoms with Gasteiger partial charge in [-0.05, 0) is 26.2 Å². The molecule has 9 nitrogen and oxygen atoms in total. The summed E-state index contributed by atoms with van der Waals surface area (Å²) in [7, 11) is 0. The first kappa shape index (κ1) is 23.4. The molecule has 2 bridgehead atoms. The first-order valence-electron chi connectivity index (χ1n) is 11.2. The number of hydroxylamine groups is 2. The Morgan fingerprint density at radius 1 is 1.23 bits per heavy atom. The Balaban J connectivity index is 1.57. The summed E-state index contributed by atoms with van der Waals surface area (Å²) in [5, 5.41) is 12.0. The number of aromatic nitrogens is 1. The molecule has 0 radical (unpaired) electrons. The summed E-state index contributed by atoms with van der Waals surface area (Å²) in [6, 6.07) is 0.331. The second kappa shape index (κ2) is 8.09. The van der Waals surface area contributed by atoms with Crippen LogP contribution in [0.5, 0.6) is 5.75 Å². The summed E-state index contributed by atoms with van der Waals surface area (Å²) >= 11 is 0. The molecule has 2 aromatic rings. The molecule has 3 aliphatic rings. The highest BCUT2D eigenvalue weighted by atomic mass is 19.1. The third-order valence-electron chi connectivity index (χ3n) is 7.30. The Morgan fingerprint density at radius 2 is 1.91 bits per heavy atom. The van der Waals surface area contributed by atoms with E-state index in [1.54, 1.807) is 4.90 Å². The number of fused-ring (bicyclic) bond motifs is 5. The minimum absolute atomic E-state index is 0.167. The smallest absolute Gasteiger partial charge is 0.274 e. The highest BCUT2D eigenvalue weighted by Crippen LogP contribution is 2.47. The SMILES string of the molecule is C[C@H]1CC[C@]2(CCN(Cc3c(F)cc(F)cc3F)O2)[C@H]2CN1C(=O)c1c(O)c(=O)c(C(N)=O)cn12. The van der Waals surface area contributed by atoms with Crippen molar-refractivity contribution in [1.29, 1.82) is 0 Å². The van der Waals surface area contributed by atoms with E-state index in [1.807, 2.05) is 6.92 Å². The first-order valence-corrected chi connectivity index (χ1v) is 11.2. The lowest BCUT2D eigenvalue weighted by molar-refractivity contribution is -0.217. The standard InChI is InChI=1S/C23H23F3N4O5/c1-11-2-3-23(4-5-28(35-23)8-13-15(25)6-12(24)7-16(13)26)17-10-29(11)22(34)18-20(32)19(31)14(21(27)33)9-30(17)18/h6-7,9,11,17,32H,2-5,8,10H2,1H3,(H2,27,33)/t11-,17+,23-/m0/s1. The van der Waals surface area contributed by atoms with Gasteiger partial charge in [0, 0.05) is 43.0 Å². The third-order valence-corrected chi connectivity index (χ3v) is 7.30. The van der Waals surface area contributed by atoms with Crippen LogP contribution in [0.2, 0.25) is 0 Å². The first-order chi connectivity index (χ1) is 16.5. The molecule has 1 spiro atoms. The average molecular weight is 492 g/mol. The number of carbonyl (C=O) groups is 2. The number of benzene rings is 1. The summed E-state index contributed by atoms with van der Waals surface area (Å²) in [4.78, 5) is 45.4. The van der Waals surface area contributed by atoms with E-state index in [1.165, 1.54) is 15.8 Å². The Bertz CT molecular complexity index is 1290. The lowest BCUT2D eigenvalue weighted by Gasteiger charge is -2.42. The van der Waals surface area contributed by atoms with Gasteiger partial charge in [0.15, 0.2) is 11.4 Å². The molecule has 1 aromatic carbocycles. The van der Waals surface area contributed by atoms with E-state index in [-0.39, 0.29) is 36.9 Å². The number of rotatable bonds is 3. The number of hydrogen-bond donors (Lipinski definition) is 2. The van der Waals surface area contributed by atoms with Gasteiger partial charge in [-0.1, -0.05) is 0 Å². The van der Waals surface area contributed by atoms with Crippen molar-refractivity contribution in [3.8, 4) is 5.75 Å². The number of primary amides is 1. The van der Waals surface area contributed by atoms with Crippen molar-refractivity contribution in [2.24, 2.45) is 5.73 Å². The van der Waals surface area contributed by atoms with Crippen molar-refractivity contribution >= 4 is 11.8 Å². The zero-order valence-corrected chi connectivity index (χ0v) is 18.8. The lowest BCUT2D eigenvalue weighted by Crippen LogP contribution is -2.52. The van der Waals surface area contributed by atoms with Gasteiger partial charge in [-0.2, -0.15) is 5.06 Å². The van der Waals surface area contributed by atoms with E-state index in [0.717, 1.165) is 0 Å². The number of nitrogens with two attached hydrogens (primary N) is 1. The van der Waals surface area contributed by atoms with Crippen molar-refractivity contribution in [2.75, 3.05) is 13.1 Å². The van der Waals surface area contributed by atoms with E-state index in [0.29, 0.717) is 31.4 Å². The molecular weight excluding hydrogens is 469 g/mol. The topological polar surface area (TPSA) is 118 Å². The Labute approximate surface area is 197 Å². The molecule has 2 saturated heterocycles. The second-order valence-corrected chi connectivity index (χ2v) is 9.32. The third kappa shape index (κ3) is 3.59. The second-order valence-electron chi connectivity index (χ2n) is 9.32. The zero-order chi connectivity index (χ0) is 25.2. The fraction of sp³-hybridized carbons (Fsp3) is 0.435. The molecule has 2 fully saturated rings. The maximum Gasteiger partial charge on any atom is 0.274 e. The van der Waals surface area contributed by atoms with Crippen LogP contribution in [0, 0.1) is 17.5 Å². The largest absolute Gasteiger partial charge is 0.503 e. The fourth-order valence-electron chi connectivity index (χ4n) is 5.39. The van der Waals surface area contributed by atoms with Crippen LogP contribution >= 0.6 is 0 Å². The van der Waals surface area contributed by atoms with Crippen molar-refractivity contribution in [3.63, 3.8) is 0 Å². The monoisotopic (exact) mass is 492 g/mol. The highest BCUT2D eigenvalue weighted by Gasteiger charge is 2.54. The van der Waals surface area contributed by atoms with E-state index >= 15 is 0 Å². The summed E-state index contributed by atoms with van der Waals surface area (Å²) in [6.07, 6.45) is 2.54. The van der Waals surface area contributed by atoms with Crippen LogP contribution in [-0.4, -0.2) is 56.2 Å². The van der Waals surface area contributed by atoms with Gasteiger partial charge in [0.25, 0.3) is 11.8 Å². The van der Waals surface area contributed by atoms with Crippen LogP contribution in [0.1, 0.15) is 58.6 Å². The van der Waals surface area contributed by atoms with Crippen molar-refractivity contribution in [1.82, 2.24) is 14.5 Å². The summed E-state index contributed by atoms with van der Waals surface area (Å²) in [5.41, 5.74) is 2.25. The molecule has 3 atom stereocenters. The van der Waals surface area contributed by atoms with Crippen LogP contribution < -0.4 is 11.2 Å². The van der Waals surface area contributed by atoms with Gasteiger partial charge in [-0.15, -0.1) is 0 Å². The van der Waals surface area contributed by atoms with Gasteiger partial charge >= 0.3 is 0 Å². The molecule has 0 aliphatic carbocycles. The van der Waals surface area contributed by atoms with E-state index in [2.05, 4.69) is 0 Å². The Hall–Kier alpha value is -3.38. The van der Waals surface area contributed by atoms with Crippen molar-refractivity contribution in [2.45, 2.75) is 50.4 Å². The van der Waals surface area contributed by atoms with Crippen molar-refractivity contribution in [3.05, 3.63) is 62.8 Å².